The van der Waals surface area contributed by atoms with Crippen molar-refractivity contribution in [2.45, 2.75) is 19.3 Å². The second kappa shape index (κ2) is 13.2. The normalized spacial score (nSPS) is 13.0. The first-order valence-electron chi connectivity index (χ1n) is 20.7. The van der Waals surface area contributed by atoms with Crippen LogP contribution in [0.1, 0.15) is 25.0 Å². The lowest BCUT2D eigenvalue weighted by molar-refractivity contribution is 0.660. The van der Waals surface area contributed by atoms with E-state index in [0.717, 1.165) is 94.3 Å². The molecule has 2 aromatic heterocycles. The topological polar surface area (TPSA) is 29.5 Å². The summed E-state index contributed by atoms with van der Waals surface area (Å²) >= 11 is 0. The second-order valence-electron chi connectivity index (χ2n) is 16.5. The number of benzene rings is 9. The Morgan fingerprint density at radius 3 is 1.33 bits per heavy atom. The van der Waals surface area contributed by atoms with Crippen LogP contribution in [0, 0.1) is 0 Å². The van der Waals surface area contributed by atoms with Crippen molar-refractivity contribution in [1.29, 1.82) is 0 Å². The fourth-order valence-electron chi connectivity index (χ4n) is 9.66. The largest absolute Gasteiger partial charge is 0.455 e. The monoisotopic (exact) mass is 769 g/mol. The van der Waals surface area contributed by atoms with Gasteiger partial charge in [0.05, 0.1) is 0 Å². The molecule has 0 atom stereocenters. The van der Waals surface area contributed by atoms with Gasteiger partial charge in [0.2, 0.25) is 0 Å². The van der Waals surface area contributed by atoms with Gasteiger partial charge in [0, 0.05) is 55.1 Å². The molecule has 11 aromatic rings. The summed E-state index contributed by atoms with van der Waals surface area (Å²) in [5.74, 6) is 0. The Kier molecular flexibility index (Phi) is 7.58. The summed E-state index contributed by atoms with van der Waals surface area (Å²) in [6.07, 6.45) is 0. The van der Waals surface area contributed by atoms with Crippen LogP contribution in [0.15, 0.2) is 209 Å². The van der Waals surface area contributed by atoms with Gasteiger partial charge in [0.1, 0.15) is 22.3 Å². The van der Waals surface area contributed by atoms with E-state index in [2.05, 4.69) is 195 Å². The van der Waals surface area contributed by atoms with Crippen molar-refractivity contribution in [1.82, 2.24) is 0 Å². The third-order valence-corrected chi connectivity index (χ3v) is 12.7. The van der Waals surface area contributed by atoms with Crippen molar-refractivity contribution in [2.24, 2.45) is 0 Å². The van der Waals surface area contributed by atoms with Gasteiger partial charge in [-0.25, -0.2) is 0 Å². The van der Waals surface area contributed by atoms with Gasteiger partial charge in [-0.1, -0.05) is 166 Å². The molecule has 9 aromatic carbocycles. The van der Waals surface area contributed by atoms with Gasteiger partial charge in [0.15, 0.2) is 0 Å². The molecule has 12 rings (SSSR count). The first kappa shape index (κ1) is 34.4. The number of para-hydroxylation sites is 4. The maximum absolute atomic E-state index is 6.43. The number of fused-ring (bicyclic) bond motifs is 9. The van der Waals surface area contributed by atoms with Crippen LogP contribution in [0.25, 0.3) is 88.4 Å². The first-order valence-corrected chi connectivity index (χ1v) is 20.7. The van der Waals surface area contributed by atoms with Crippen LogP contribution in [-0.4, -0.2) is 0 Å². The molecular formula is C57H39NO2. The van der Waals surface area contributed by atoms with Crippen LogP contribution in [-0.2, 0) is 5.41 Å². The molecule has 1 aliphatic carbocycles. The van der Waals surface area contributed by atoms with Crippen LogP contribution >= 0.6 is 0 Å². The lowest BCUT2D eigenvalue weighted by atomic mass is 9.82. The molecule has 0 N–H and O–H groups in total. The fraction of sp³-hybridized carbons (Fsp3) is 0.0526. The maximum atomic E-state index is 6.43. The Morgan fingerprint density at radius 2 is 0.750 bits per heavy atom. The van der Waals surface area contributed by atoms with Crippen molar-refractivity contribution < 1.29 is 8.83 Å². The molecule has 284 valence electrons. The summed E-state index contributed by atoms with van der Waals surface area (Å²) in [4.78, 5) is 2.38. The summed E-state index contributed by atoms with van der Waals surface area (Å²) in [5, 5.41) is 4.56. The molecule has 2 heterocycles. The minimum Gasteiger partial charge on any atom is -0.455 e. The van der Waals surface area contributed by atoms with Crippen molar-refractivity contribution in [3.8, 4) is 44.5 Å². The molecule has 3 nitrogen and oxygen atoms in total. The number of nitrogens with zero attached hydrogens (tertiary/aromatic N) is 1. The Labute approximate surface area is 348 Å². The van der Waals surface area contributed by atoms with Crippen molar-refractivity contribution in [3.05, 3.63) is 211 Å². The van der Waals surface area contributed by atoms with Gasteiger partial charge in [-0.2, -0.15) is 0 Å². The zero-order valence-electron chi connectivity index (χ0n) is 33.3. The zero-order chi connectivity index (χ0) is 40.0. The Hall–Kier alpha value is -7.62. The predicted octanol–water partition coefficient (Wildman–Crippen LogP) is 16.3. The lowest BCUT2D eigenvalue weighted by Gasteiger charge is -2.28. The summed E-state index contributed by atoms with van der Waals surface area (Å²) in [6.45, 7) is 4.69. The maximum Gasteiger partial charge on any atom is 0.143 e. The third kappa shape index (κ3) is 5.29. The Morgan fingerprint density at radius 1 is 0.333 bits per heavy atom. The quantitative estimate of drug-likeness (QED) is 0.169. The van der Waals surface area contributed by atoms with E-state index in [0.29, 0.717) is 0 Å². The molecule has 0 radical (unpaired) electrons. The van der Waals surface area contributed by atoms with Crippen molar-refractivity contribution >= 4 is 60.9 Å². The van der Waals surface area contributed by atoms with Gasteiger partial charge in [-0.15, -0.1) is 0 Å². The van der Waals surface area contributed by atoms with E-state index >= 15 is 0 Å². The number of hydrogen-bond donors (Lipinski definition) is 0. The highest BCUT2D eigenvalue weighted by atomic mass is 16.3. The molecule has 0 spiro atoms. The fourth-order valence-corrected chi connectivity index (χ4v) is 9.66. The summed E-state index contributed by atoms with van der Waals surface area (Å²) < 4.78 is 12.8. The van der Waals surface area contributed by atoms with Crippen LogP contribution in [0.2, 0.25) is 0 Å². The summed E-state index contributed by atoms with van der Waals surface area (Å²) in [6, 6.07) is 71.9. The SMILES string of the molecule is CC1(C)c2ccccc2-c2ccc(N(c3ccc(-c4ccc(-c5cccc6c5oc5ccccc56)cc4)cc3)c3ccc(-c4cccc5c4oc4ccccc45)cc3)cc21. The van der Waals surface area contributed by atoms with E-state index in [-0.39, 0.29) is 5.41 Å². The molecular weight excluding hydrogens is 731 g/mol. The van der Waals surface area contributed by atoms with E-state index in [9.17, 15) is 0 Å². The van der Waals surface area contributed by atoms with Crippen LogP contribution < -0.4 is 4.90 Å². The van der Waals surface area contributed by atoms with E-state index in [1.54, 1.807) is 0 Å². The number of furan rings is 2. The van der Waals surface area contributed by atoms with Gasteiger partial charge in [0.25, 0.3) is 0 Å². The molecule has 1 aliphatic rings. The lowest BCUT2D eigenvalue weighted by Crippen LogP contribution is -2.16. The number of rotatable bonds is 6. The van der Waals surface area contributed by atoms with Crippen molar-refractivity contribution in [3.63, 3.8) is 0 Å². The van der Waals surface area contributed by atoms with Gasteiger partial charge in [-0.05, 0) is 93.0 Å². The smallest absolute Gasteiger partial charge is 0.143 e. The molecule has 0 unspecified atom stereocenters. The van der Waals surface area contributed by atoms with E-state index in [1.807, 2.05) is 24.3 Å². The average molecular weight is 770 g/mol. The van der Waals surface area contributed by atoms with Crippen molar-refractivity contribution in [2.75, 3.05) is 4.90 Å². The summed E-state index contributed by atoms with van der Waals surface area (Å²) in [7, 11) is 0. The highest BCUT2D eigenvalue weighted by Gasteiger charge is 2.35. The molecule has 0 saturated carbocycles. The predicted molar refractivity (Wildman–Crippen MR) is 250 cm³/mol. The van der Waals surface area contributed by atoms with Gasteiger partial charge >= 0.3 is 0 Å². The summed E-state index contributed by atoms with van der Waals surface area (Å²) in [5.41, 5.74) is 18.9. The van der Waals surface area contributed by atoms with E-state index < -0.39 is 0 Å². The first-order chi connectivity index (χ1) is 29.5. The Balaban J connectivity index is 0.920. The number of hydrogen-bond acceptors (Lipinski definition) is 3. The highest BCUT2D eigenvalue weighted by Crippen LogP contribution is 2.51. The molecule has 0 aliphatic heterocycles. The Bertz CT molecular complexity index is 3440. The molecule has 0 bridgehead atoms. The minimum atomic E-state index is -0.116. The minimum absolute atomic E-state index is 0.116. The van der Waals surface area contributed by atoms with Gasteiger partial charge < -0.3 is 13.7 Å². The highest BCUT2D eigenvalue weighted by molar-refractivity contribution is 6.10. The molecule has 0 saturated heterocycles. The zero-order valence-corrected chi connectivity index (χ0v) is 33.3. The standard InChI is InChI=1S/C57H39NO2/c1-57(2)51-18-6-3-11-45(51)46-34-33-42(35-52(46)57)58(41-31-27-39(28-32-41)44-15-10-17-50-48-13-5-8-20-54(48)60-56(44)50)40-29-25-37(26-30-40)36-21-23-38(24-22-36)43-14-9-16-49-47-12-4-7-19-53(47)59-55(43)49/h3-35H,1-2H3. The van der Waals surface area contributed by atoms with Crippen LogP contribution in [0.4, 0.5) is 17.1 Å². The van der Waals surface area contributed by atoms with Crippen LogP contribution in [0.3, 0.4) is 0 Å². The second-order valence-corrected chi connectivity index (χ2v) is 16.5. The van der Waals surface area contributed by atoms with E-state index in [1.165, 1.54) is 22.3 Å². The van der Waals surface area contributed by atoms with E-state index in [4.69, 9.17) is 8.83 Å². The molecule has 60 heavy (non-hydrogen) atoms. The number of anilines is 3. The third-order valence-electron chi connectivity index (χ3n) is 12.7. The molecule has 0 amide bonds. The van der Waals surface area contributed by atoms with Crippen LogP contribution in [0.5, 0.6) is 0 Å². The average Bonchev–Trinajstić information content (AvgIpc) is 3.95. The van der Waals surface area contributed by atoms with Gasteiger partial charge in [-0.3, -0.25) is 0 Å². The molecule has 0 fully saturated rings. The molecule has 3 heteroatoms.